The van der Waals surface area contributed by atoms with E-state index in [-0.39, 0.29) is 5.38 Å². The van der Waals surface area contributed by atoms with Crippen LogP contribution in [0.4, 0.5) is 0 Å². The molecule has 0 N–H and O–H groups in total. The molecule has 0 aliphatic heterocycles. The lowest BCUT2D eigenvalue weighted by Gasteiger charge is -2.11. The molecule has 0 spiro atoms. The van der Waals surface area contributed by atoms with E-state index in [0.717, 1.165) is 23.8 Å². The molecule has 0 bridgehead atoms. The predicted molar refractivity (Wildman–Crippen MR) is 68.9 cm³/mol. The summed E-state index contributed by atoms with van der Waals surface area (Å²) in [5.41, 5.74) is 1.23. The van der Waals surface area contributed by atoms with Crippen LogP contribution in [-0.2, 0) is 6.42 Å². The van der Waals surface area contributed by atoms with Crippen molar-refractivity contribution in [2.24, 2.45) is 5.92 Å². The normalized spacial score (nSPS) is 13.1. The molecule has 1 unspecified atom stereocenters. The zero-order valence-electron chi connectivity index (χ0n) is 9.34. The summed E-state index contributed by atoms with van der Waals surface area (Å²) in [6.07, 6.45) is 3.18. The van der Waals surface area contributed by atoms with Gasteiger partial charge in [-0.3, -0.25) is 0 Å². The lowest BCUT2D eigenvalue weighted by Crippen LogP contribution is -2.05. The molecule has 0 nitrogen and oxygen atoms in total. The van der Waals surface area contributed by atoms with E-state index in [1.54, 1.807) is 0 Å². The topological polar surface area (TPSA) is 0 Å². The monoisotopic (exact) mass is 244 g/mol. The van der Waals surface area contributed by atoms with Crippen LogP contribution in [0.5, 0.6) is 0 Å². The summed E-state index contributed by atoms with van der Waals surface area (Å²) in [6.45, 7) is 4.45. The summed E-state index contributed by atoms with van der Waals surface area (Å²) in [7, 11) is 0. The predicted octanol–water partition coefficient (Wildman–Crippen LogP) is 4.93. The highest BCUT2D eigenvalue weighted by atomic mass is 35.5. The van der Waals surface area contributed by atoms with Gasteiger partial charge >= 0.3 is 0 Å². The van der Waals surface area contributed by atoms with Gasteiger partial charge in [0, 0.05) is 10.4 Å². The van der Waals surface area contributed by atoms with Crippen molar-refractivity contribution in [3.05, 3.63) is 34.9 Å². The Bertz CT molecular complexity index is 294. The molecular formula is C13H18Cl2. The van der Waals surface area contributed by atoms with Crippen molar-refractivity contribution in [1.82, 2.24) is 0 Å². The third kappa shape index (κ3) is 5.44. The number of alkyl halides is 1. The maximum atomic E-state index is 6.27. The molecule has 0 heterocycles. The van der Waals surface area contributed by atoms with Crippen molar-refractivity contribution in [2.75, 3.05) is 0 Å². The summed E-state index contributed by atoms with van der Waals surface area (Å²) in [5.74, 6) is 0.727. The molecule has 0 aliphatic carbocycles. The van der Waals surface area contributed by atoms with E-state index in [2.05, 4.69) is 19.9 Å². The highest BCUT2D eigenvalue weighted by molar-refractivity contribution is 6.30. The van der Waals surface area contributed by atoms with Gasteiger partial charge in [-0.25, -0.2) is 0 Å². The van der Waals surface area contributed by atoms with Gasteiger partial charge in [0.25, 0.3) is 0 Å². The fraction of sp³-hybridized carbons (Fsp3) is 0.538. The van der Waals surface area contributed by atoms with Crippen LogP contribution in [0.15, 0.2) is 24.3 Å². The first-order chi connectivity index (χ1) is 7.08. The second-order valence-corrected chi connectivity index (χ2v) is 5.46. The van der Waals surface area contributed by atoms with Crippen molar-refractivity contribution in [2.45, 2.75) is 38.5 Å². The summed E-state index contributed by atoms with van der Waals surface area (Å²) in [6, 6.07) is 7.94. The molecule has 84 valence electrons. The molecule has 0 saturated carbocycles. The van der Waals surface area contributed by atoms with Crippen LogP contribution in [0.25, 0.3) is 0 Å². The minimum atomic E-state index is 0.228. The van der Waals surface area contributed by atoms with E-state index >= 15 is 0 Å². The largest absolute Gasteiger partial charge is 0.123 e. The maximum Gasteiger partial charge on any atom is 0.0408 e. The smallest absolute Gasteiger partial charge is 0.0408 e. The van der Waals surface area contributed by atoms with Crippen molar-refractivity contribution < 1.29 is 0 Å². The third-order valence-electron chi connectivity index (χ3n) is 2.40. The lowest BCUT2D eigenvalue weighted by atomic mass is 10.0. The summed E-state index contributed by atoms with van der Waals surface area (Å²) in [5, 5.41) is 1.02. The van der Waals surface area contributed by atoms with Crippen LogP contribution in [0.1, 0.15) is 32.3 Å². The van der Waals surface area contributed by atoms with Gasteiger partial charge in [0.1, 0.15) is 0 Å². The van der Waals surface area contributed by atoms with Crippen LogP contribution in [-0.4, -0.2) is 5.38 Å². The Hall–Kier alpha value is -0.200. The third-order valence-corrected chi connectivity index (χ3v) is 3.01. The first-order valence-electron chi connectivity index (χ1n) is 5.46. The second kappa shape index (κ2) is 6.40. The summed E-state index contributed by atoms with van der Waals surface area (Å²) < 4.78 is 0. The Morgan fingerprint density at radius 1 is 1.20 bits per heavy atom. The Kier molecular flexibility index (Phi) is 5.49. The van der Waals surface area contributed by atoms with Crippen molar-refractivity contribution in [1.29, 1.82) is 0 Å². The van der Waals surface area contributed by atoms with Crippen molar-refractivity contribution in [3.63, 3.8) is 0 Å². The van der Waals surface area contributed by atoms with Crippen LogP contribution in [0.3, 0.4) is 0 Å². The molecule has 0 amide bonds. The molecule has 0 radical (unpaired) electrons. The van der Waals surface area contributed by atoms with E-state index in [1.165, 1.54) is 12.0 Å². The second-order valence-electron chi connectivity index (χ2n) is 4.40. The Labute approximate surface area is 103 Å². The zero-order valence-corrected chi connectivity index (χ0v) is 10.9. The van der Waals surface area contributed by atoms with E-state index in [0.29, 0.717) is 0 Å². The van der Waals surface area contributed by atoms with Crippen LogP contribution < -0.4 is 0 Å². The highest BCUT2D eigenvalue weighted by Gasteiger charge is 2.07. The van der Waals surface area contributed by atoms with Gasteiger partial charge < -0.3 is 0 Å². The van der Waals surface area contributed by atoms with Gasteiger partial charge in [0.05, 0.1) is 0 Å². The average Bonchev–Trinajstić information content (AvgIpc) is 2.15. The fourth-order valence-electron chi connectivity index (χ4n) is 1.54. The quantitative estimate of drug-likeness (QED) is 0.645. The van der Waals surface area contributed by atoms with Gasteiger partial charge in [0.15, 0.2) is 0 Å². The standard InChI is InChI=1S/C13H18Cl2/c1-10(2)6-7-13(15)9-11-4-3-5-12(14)8-11/h3-5,8,10,13H,6-7,9H2,1-2H3. The van der Waals surface area contributed by atoms with Crippen LogP contribution in [0.2, 0.25) is 5.02 Å². The average molecular weight is 245 g/mol. The SMILES string of the molecule is CC(C)CCC(Cl)Cc1cccc(Cl)c1. The molecule has 0 fully saturated rings. The number of rotatable bonds is 5. The molecule has 1 aromatic rings. The number of hydrogen-bond acceptors (Lipinski definition) is 0. The summed E-state index contributed by atoms with van der Waals surface area (Å²) >= 11 is 12.2. The minimum absolute atomic E-state index is 0.228. The van der Waals surface area contributed by atoms with Gasteiger partial charge in [-0.05, 0) is 42.9 Å². The number of hydrogen-bond donors (Lipinski definition) is 0. The van der Waals surface area contributed by atoms with Gasteiger partial charge in [-0.1, -0.05) is 37.6 Å². The summed E-state index contributed by atoms with van der Waals surface area (Å²) in [4.78, 5) is 0. The zero-order chi connectivity index (χ0) is 11.3. The van der Waals surface area contributed by atoms with Crippen molar-refractivity contribution >= 4 is 23.2 Å². The molecule has 1 atom stereocenters. The van der Waals surface area contributed by atoms with Gasteiger partial charge in [-0.15, -0.1) is 11.6 Å². The van der Waals surface area contributed by atoms with Gasteiger partial charge in [0.2, 0.25) is 0 Å². The number of halogens is 2. The molecule has 0 aromatic heterocycles. The van der Waals surface area contributed by atoms with E-state index in [4.69, 9.17) is 23.2 Å². The molecule has 1 rings (SSSR count). The first kappa shape index (κ1) is 12.9. The molecule has 1 aromatic carbocycles. The van der Waals surface area contributed by atoms with E-state index in [9.17, 15) is 0 Å². The van der Waals surface area contributed by atoms with E-state index < -0.39 is 0 Å². The maximum absolute atomic E-state index is 6.27. The molecule has 2 heteroatoms. The molecule has 0 aliphatic rings. The highest BCUT2D eigenvalue weighted by Crippen LogP contribution is 2.18. The fourth-order valence-corrected chi connectivity index (χ4v) is 2.05. The van der Waals surface area contributed by atoms with Crippen LogP contribution >= 0.6 is 23.2 Å². The molecule has 0 saturated heterocycles. The van der Waals surface area contributed by atoms with Crippen molar-refractivity contribution in [3.8, 4) is 0 Å². The molecular weight excluding hydrogens is 227 g/mol. The van der Waals surface area contributed by atoms with Crippen LogP contribution in [0, 0.1) is 5.92 Å². The molecule has 15 heavy (non-hydrogen) atoms. The number of benzene rings is 1. The lowest BCUT2D eigenvalue weighted by molar-refractivity contribution is 0.541. The van der Waals surface area contributed by atoms with Gasteiger partial charge in [-0.2, -0.15) is 0 Å². The Morgan fingerprint density at radius 3 is 2.53 bits per heavy atom. The van der Waals surface area contributed by atoms with E-state index in [1.807, 2.05) is 18.2 Å². The first-order valence-corrected chi connectivity index (χ1v) is 6.28. The Balaban J connectivity index is 2.40. The Morgan fingerprint density at radius 2 is 1.93 bits per heavy atom. The minimum Gasteiger partial charge on any atom is -0.123 e.